The van der Waals surface area contributed by atoms with Crippen LogP contribution in [0.15, 0.2) is 11.6 Å². The van der Waals surface area contributed by atoms with E-state index >= 15 is 0 Å². The molecule has 2 atom stereocenters. The van der Waals surface area contributed by atoms with Crippen LogP contribution < -0.4 is 4.90 Å². The van der Waals surface area contributed by atoms with Gasteiger partial charge in [-0.1, -0.05) is 22.9 Å². The van der Waals surface area contributed by atoms with Crippen LogP contribution in [0.3, 0.4) is 0 Å². The Balaban J connectivity index is 2.07. The Bertz CT molecular complexity index is 533. The van der Waals surface area contributed by atoms with Gasteiger partial charge in [0, 0.05) is 29.5 Å². The number of hydrogen-bond acceptors (Lipinski definition) is 3. The molecular formula is C12H16BrN3S. The highest BCUT2D eigenvalue weighted by atomic mass is 79.9. The van der Waals surface area contributed by atoms with Gasteiger partial charge in [-0.25, -0.2) is 4.98 Å². The summed E-state index contributed by atoms with van der Waals surface area (Å²) in [5, 5.41) is 2.95. The third-order valence-electron chi connectivity index (χ3n) is 3.52. The van der Waals surface area contributed by atoms with E-state index in [4.69, 9.17) is 4.98 Å². The summed E-state index contributed by atoms with van der Waals surface area (Å²) >= 11 is 5.30. The topological polar surface area (TPSA) is 20.5 Å². The largest absolute Gasteiger partial charge is 0.352 e. The zero-order valence-corrected chi connectivity index (χ0v) is 12.5. The molecule has 2 aromatic heterocycles. The van der Waals surface area contributed by atoms with E-state index in [2.05, 4.69) is 50.7 Å². The standard InChI is InChI=1S/C12H16BrN3S/c1-8-5-9(2)16(7-8)11-10(6-13)15-3-4-17-12(15)14-11/h3-4,8-9H,5-7H2,1-2H3. The van der Waals surface area contributed by atoms with Crippen LogP contribution in [-0.4, -0.2) is 22.0 Å². The number of rotatable bonds is 2. The smallest absolute Gasteiger partial charge is 0.195 e. The van der Waals surface area contributed by atoms with Gasteiger partial charge < -0.3 is 4.90 Å². The van der Waals surface area contributed by atoms with Gasteiger partial charge in [0.05, 0.1) is 5.69 Å². The van der Waals surface area contributed by atoms with Gasteiger partial charge in [-0.15, -0.1) is 11.3 Å². The van der Waals surface area contributed by atoms with Crippen molar-refractivity contribution in [3.05, 3.63) is 17.3 Å². The average Bonchev–Trinajstić information content (AvgIpc) is 2.91. The lowest BCUT2D eigenvalue weighted by atomic mass is 10.1. The minimum absolute atomic E-state index is 0.604. The number of alkyl halides is 1. The molecule has 0 spiro atoms. The highest BCUT2D eigenvalue weighted by molar-refractivity contribution is 9.08. The molecular weight excluding hydrogens is 298 g/mol. The van der Waals surface area contributed by atoms with Crippen molar-refractivity contribution in [2.24, 2.45) is 5.92 Å². The highest BCUT2D eigenvalue weighted by Crippen LogP contribution is 2.33. The fourth-order valence-corrected chi connectivity index (χ4v) is 4.02. The van der Waals surface area contributed by atoms with Crippen molar-refractivity contribution >= 4 is 38.0 Å². The number of aromatic nitrogens is 2. The van der Waals surface area contributed by atoms with Crippen LogP contribution in [0.2, 0.25) is 0 Å². The summed E-state index contributed by atoms with van der Waals surface area (Å²) in [5.41, 5.74) is 1.28. The Morgan fingerprint density at radius 1 is 1.53 bits per heavy atom. The molecule has 0 amide bonds. The van der Waals surface area contributed by atoms with Crippen LogP contribution in [0.5, 0.6) is 0 Å². The van der Waals surface area contributed by atoms with Crippen LogP contribution >= 0.6 is 27.3 Å². The molecule has 5 heteroatoms. The zero-order valence-electron chi connectivity index (χ0n) is 10.1. The Morgan fingerprint density at radius 3 is 3.00 bits per heavy atom. The quantitative estimate of drug-likeness (QED) is 0.791. The number of halogens is 1. The first-order valence-electron chi connectivity index (χ1n) is 5.97. The zero-order chi connectivity index (χ0) is 12.0. The molecule has 1 aliphatic rings. The highest BCUT2D eigenvalue weighted by Gasteiger charge is 2.30. The monoisotopic (exact) mass is 313 g/mol. The second kappa shape index (κ2) is 4.28. The molecule has 0 aliphatic carbocycles. The second-order valence-electron chi connectivity index (χ2n) is 4.91. The van der Waals surface area contributed by atoms with Gasteiger partial charge >= 0.3 is 0 Å². The predicted octanol–water partition coefficient (Wildman–Crippen LogP) is 3.53. The number of imidazole rings is 1. The van der Waals surface area contributed by atoms with Gasteiger partial charge in [0.25, 0.3) is 0 Å². The molecule has 0 radical (unpaired) electrons. The fourth-order valence-electron chi connectivity index (χ4n) is 2.77. The maximum Gasteiger partial charge on any atom is 0.195 e. The molecule has 1 fully saturated rings. The summed E-state index contributed by atoms with van der Waals surface area (Å²) in [6, 6.07) is 0.604. The van der Waals surface area contributed by atoms with Gasteiger partial charge in [0.1, 0.15) is 0 Å². The van der Waals surface area contributed by atoms with E-state index in [1.807, 2.05) is 0 Å². The van der Waals surface area contributed by atoms with Crippen molar-refractivity contribution in [1.82, 2.24) is 9.38 Å². The van der Waals surface area contributed by atoms with Gasteiger partial charge in [0.15, 0.2) is 10.8 Å². The summed E-state index contributed by atoms with van der Waals surface area (Å²) in [4.78, 5) is 8.35. The summed E-state index contributed by atoms with van der Waals surface area (Å²) in [5.74, 6) is 1.94. The summed E-state index contributed by atoms with van der Waals surface area (Å²) < 4.78 is 2.20. The maximum atomic E-state index is 4.79. The SMILES string of the molecule is CC1CC(C)N(c2nc3sccn3c2CBr)C1. The number of hydrogen-bond donors (Lipinski definition) is 0. The minimum atomic E-state index is 0.604. The molecule has 2 aromatic rings. The molecule has 0 saturated carbocycles. The Morgan fingerprint density at radius 2 is 2.35 bits per heavy atom. The van der Waals surface area contributed by atoms with E-state index in [-0.39, 0.29) is 0 Å². The summed E-state index contributed by atoms with van der Waals surface area (Å²) in [6.45, 7) is 5.75. The number of thiazole rings is 1. The molecule has 1 saturated heterocycles. The lowest BCUT2D eigenvalue weighted by Gasteiger charge is -2.22. The normalized spacial score (nSPS) is 25.0. The maximum absolute atomic E-state index is 4.79. The van der Waals surface area contributed by atoms with E-state index < -0.39 is 0 Å². The molecule has 2 unspecified atom stereocenters. The number of nitrogens with zero attached hydrogens (tertiary/aromatic N) is 3. The van der Waals surface area contributed by atoms with E-state index in [0.717, 1.165) is 22.8 Å². The van der Waals surface area contributed by atoms with Gasteiger partial charge in [-0.05, 0) is 19.3 Å². The first kappa shape index (κ1) is 11.5. The summed E-state index contributed by atoms with van der Waals surface area (Å²) in [7, 11) is 0. The van der Waals surface area contributed by atoms with Crippen LogP contribution in [0.4, 0.5) is 5.82 Å². The molecule has 0 bridgehead atoms. The Hall–Kier alpha value is -0.550. The lowest BCUT2D eigenvalue weighted by molar-refractivity contribution is 0.625. The Labute approximate surface area is 114 Å². The summed E-state index contributed by atoms with van der Waals surface area (Å²) in [6.07, 6.45) is 3.38. The third-order valence-corrected chi connectivity index (χ3v) is 4.81. The fraction of sp³-hybridized carbons (Fsp3) is 0.583. The van der Waals surface area contributed by atoms with Gasteiger partial charge in [-0.3, -0.25) is 4.40 Å². The first-order valence-corrected chi connectivity index (χ1v) is 7.98. The molecule has 0 N–H and O–H groups in total. The van der Waals surface area contributed by atoms with E-state index in [9.17, 15) is 0 Å². The third kappa shape index (κ3) is 1.80. The molecule has 3 nitrogen and oxygen atoms in total. The van der Waals surface area contributed by atoms with Crippen molar-refractivity contribution in [2.75, 3.05) is 11.4 Å². The average molecular weight is 314 g/mol. The Kier molecular flexibility index (Phi) is 2.91. The van der Waals surface area contributed by atoms with Crippen molar-refractivity contribution in [3.8, 4) is 0 Å². The van der Waals surface area contributed by atoms with Crippen molar-refractivity contribution in [2.45, 2.75) is 31.6 Å². The molecule has 17 heavy (non-hydrogen) atoms. The first-order chi connectivity index (χ1) is 8.20. The molecule has 3 heterocycles. The second-order valence-corrected chi connectivity index (χ2v) is 6.35. The van der Waals surface area contributed by atoms with Crippen LogP contribution in [0.25, 0.3) is 4.96 Å². The number of anilines is 1. The minimum Gasteiger partial charge on any atom is -0.352 e. The van der Waals surface area contributed by atoms with Crippen LogP contribution in [0, 0.1) is 5.92 Å². The molecule has 1 aliphatic heterocycles. The van der Waals surface area contributed by atoms with E-state index in [1.165, 1.54) is 17.9 Å². The van der Waals surface area contributed by atoms with Crippen molar-refractivity contribution in [3.63, 3.8) is 0 Å². The molecule has 0 aromatic carbocycles. The van der Waals surface area contributed by atoms with Gasteiger partial charge in [0.2, 0.25) is 0 Å². The van der Waals surface area contributed by atoms with Crippen molar-refractivity contribution < 1.29 is 0 Å². The van der Waals surface area contributed by atoms with Gasteiger partial charge in [-0.2, -0.15) is 0 Å². The molecule has 3 rings (SSSR count). The lowest BCUT2D eigenvalue weighted by Crippen LogP contribution is -2.27. The van der Waals surface area contributed by atoms with Crippen LogP contribution in [0.1, 0.15) is 26.0 Å². The van der Waals surface area contributed by atoms with Crippen LogP contribution in [-0.2, 0) is 5.33 Å². The van der Waals surface area contributed by atoms with E-state index in [1.54, 1.807) is 11.3 Å². The van der Waals surface area contributed by atoms with E-state index in [0.29, 0.717) is 6.04 Å². The predicted molar refractivity (Wildman–Crippen MR) is 76.3 cm³/mol. The number of fused-ring (bicyclic) bond motifs is 1. The molecule has 92 valence electrons. The van der Waals surface area contributed by atoms with Crippen molar-refractivity contribution in [1.29, 1.82) is 0 Å².